The monoisotopic (exact) mass is 197 g/mol. The van der Waals surface area contributed by atoms with E-state index in [1.165, 1.54) is 0 Å². The smallest absolute Gasteiger partial charge is 0.231 e. The lowest BCUT2D eigenvalue weighted by molar-refractivity contribution is -0.140. The standard InChI is InChI=1S/C11H19NO2/c1-2-3-6-9(13)11(10(12)14)7-4-5-8-11/h2-8H2,1H3,(H2,12,14). The molecule has 3 nitrogen and oxygen atoms in total. The molecule has 0 spiro atoms. The Hall–Kier alpha value is -0.860. The SMILES string of the molecule is CCCCC(=O)C1(C(N)=O)CCCC1. The number of amides is 1. The summed E-state index contributed by atoms with van der Waals surface area (Å²) in [6, 6.07) is 0. The summed E-state index contributed by atoms with van der Waals surface area (Å²) in [5.74, 6) is -0.333. The fourth-order valence-corrected chi connectivity index (χ4v) is 2.22. The highest BCUT2D eigenvalue weighted by molar-refractivity contribution is 6.05. The van der Waals surface area contributed by atoms with Crippen LogP contribution in [0.15, 0.2) is 0 Å². The van der Waals surface area contributed by atoms with Gasteiger partial charge < -0.3 is 5.73 Å². The second-order valence-corrected chi connectivity index (χ2v) is 4.18. The molecule has 0 aliphatic heterocycles. The predicted molar refractivity (Wildman–Crippen MR) is 54.6 cm³/mol. The first-order valence-corrected chi connectivity index (χ1v) is 5.46. The van der Waals surface area contributed by atoms with Gasteiger partial charge >= 0.3 is 0 Å². The zero-order valence-corrected chi connectivity index (χ0v) is 8.84. The summed E-state index contributed by atoms with van der Waals surface area (Å²) in [5, 5.41) is 0. The second-order valence-electron chi connectivity index (χ2n) is 4.18. The van der Waals surface area contributed by atoms with Crippen LogP contribution in [-0.4, -0.2) is 11.7 Å². The molecule has 0 aromatic heterocycles. The minimum absolute atomic E-state index is 0.0735. The molecule has 0 atom stereocenters. The van der Waals surface area contributed by atoms with Crippen molar-refractivity contribution in [3.05, 3.63) is 0 Å². The molecule has 0 aromatic carbocycles. The summed E-state index contributed by atoms with van der Waals surface area (Å²) in [6.07, 6.45) is 5.63. The van der Waals surface area contributed by atoms with Gasteiger partial charge in [0, 0.05) is 6.42 Å². The molecule has 1 aliphatic carbocycles. The van der Waals surface area contributed by atoms with Gasteiger partial charge in [0.25, 0.3) is 0 Å². The molecule has 1 amide bonds. The first-order chi connectivity index (χ1) is 6.63. The molecule has 80 valence electrons. The minimum Gasteiger partial charge on any atom is -0.369 e. The van der Waals surface area contributed by atoms with Gasteiger partial charge in [-0.2, -0.15) is 0 Å². The Kier molecular flexibility index (Phi) is 3.67. The van der Waals surface area contributed by atoms with Gasteiger partial charge in [-0.05, 0) is 19.3 Å². The van der Waals surface area contributed by atoms with Crippen molar-refractivity contribution in [2.45, 2.75) is 51.9 Å². The molecule has 0 radical (unpaired) electrons. The van der Waals surface area contributed by atoms with Crippen LogP contribution >= 0.6 is 0 Å². The fraction of sp³-hybridized carbons (Fsp3) is 0.818. The molecule has 14 heavy (non-hydrogen) atoms. The number of carbonyl (C=O) groups is 2. The Labute approximate surface area is 85.0 Å². The molecule has 1 saturated carbocycles. The van der Waals surface area contributed by atoms with Crippen LogP contribution in [0.2, 0.25) is 0 Å². The molecule has 3 heteroatoms. The van der Waals surface area contributed by atoms with Gasteiger partial charge in [-0.3, -0.25) is 9.59 Å². The summed E-state index contributed by atoms with van der Waals surface area (Å²) in [6.45, 7) is 2.04. The van der Waals surface area contributed by atoms with Gasteiger partial charge in [0.15, 0.2) is 0 Å². The van der Waals surface area contributed by atoms with Crippen LogP contribution in [0.25, 0.3) is 0 Å². The van der Waals surface area contributed by atoms with E-state index in [-0.39, 0.29) is 5.78 Å². The van der Waals surface area contributed by atoms with E-state index in [1.807, 2.05) is 6.92 Å². The Bertz CT molecular complexity index is 229. The summed E-state index contributed by atoms with van der Waals surface area (Å²) in [4.78, 5) is 23.2. The van der Waals surface area contributed by atoms with Gasteiger partial charge in [0.1, 0.15) is 11.2 Å². The van der Waals surface area contributed by atoms with Gasteiger partial charge in [0.05, 0.1) is 0 Å². The number of hydrogen-bond acceptors (Lipinski definition) is 2. The first-order valence-electron chi connectivity index (χ1n) is 5.46. The highest BCUT2D eigenvalue weighted by Crippen LogP contribution is 2.39. The van der Waals surface area contributed by atoms with Gasteiger partial charge in [-0.1, -0.05) is 26.2 Å². The molecule has 1 rings (SSSR count). The van der Waals surface area contributed by atoms with Crippen molar-refractivity contribution in [1.29, 1.82) is 0 Å². The Morgan fingerprint density at radius 2 is 1.86 bits per heavy atom. The maximum atomic E-state index is 11.9. The van der Waals surface area contributed by atoms with E-state index < -0.39 is 11.3 Å². The molecular weight excluding hydrogens is 178 g/mol. The zero-order valence-electron chi connectivity index (χ0n) is 8.84. The number of unbranched alkanes of at least 4 members (excludes halogenated alkanes) is 1. The van der Waals surface area contributed by atoms with E-state index in [0.717, 1.165) is 25.7 Å². The Balaban J connectivity index is 2.67. The molecule has 1 aliphatic rings. The lowest BCUT2D eigenvalue weighted by atomic mass is 9.79. The molecule has 0 aromatic rings. The second kappa shape index (κ2) is 4.58. The predicted octanol–water partition coefficient (Wildman–Crippen LogP) is 1.79. The van der Waals surface area contributed by atoms with Gasteiger partial charge in [-0.25, -0.2) is 0 Å². The summed E-state index contributed by atoms with van der Waals surface area (Å²) < 4.78 is 0. The maximum absolute atomic E-state index is 11.9. The lowest BCUT2D eigenvalue weighted by Crippen LogP contribution is -2.41. The van der Waals surface area contributed by atoms with Crippen molar-refractivity contribution in [2.24, 2.45) is 11.1 Å². The number of primary amides is 1. The number of Topliss-reactive ketones (excluding diaryl/α,β-unsaturated/α-hetero) is 1. The molecule has 0 unspecified atom stereocenters. The molecule has 0 bridgehead atoms. The summed E-state index contributed by atoms with van der Waals surface area (Å²) in [5.41, 5.74) is 4.55. The van der Waals surface area contributed by atoms with Gasteiger partial charge in [-0.15, -0.1) is 0 Å². The molecular formula is C11H19NO2. The number of rotatable bonds is 5. The van der Waals surface area contributed by atoms with Crippen molar-refractivity contribution in [3.8, 4) is 0 Å². The van der Waals surface area contributed by atoms with Crippen LogP contribution in [0.4, 0.5) is 0 Å². The zero-order chi connectivity index (χ0) is 10.6. The fourth-order valence-electron chi connectivity index (χ4n) is 2.22. The molecule has 0 heterocycles. The van der Waals surface area contributed by atoms with Crippen LogP contribution in [0.5, 0.6) is 0 Å². The van der Waals surface area contributed by atoms with E-state index in [2.05, 4.69) is 0 Å². The third kappa shape index (κ3) is 1.97. The van der Waals surface area contributed by atoms with E-state index in [4.69, 9.17) is 5.73 Å². The number of nitrogens with two attached hydrogens (primary N) is 1. The third-order valence-electron chi connectivity index (χ3n) is 3.22. The van der Waals surface area contributed by atoms with Crippen LogP contribution in [0.3, 0.4) is 0 Å². The van der Waals surface area contributed by atoms with Crippen LogP contribution in [0, 0.1) is 5.41 Å². The number of carbonyl (C=O) groups excluding carboxylic acids is 2. The molecule has 2 N–H and O–H groups in total. The van der Waals surface area contributed by atoms with Crippen molar-refractivity contribution in [2.75, 3.05) is 0 Å². The van der Waals surface area contributed by atoms with Crippen LogP contribution in [-0.2, 0) is 9.59 Å². The first kappa shape index (κ1) is 11.2. The Morgan fingerprint density at radius 3 is 2.29 bits per heavy atom. The average molecular weight is 197 g/mol. The minimum atomic E-state index is -0.796. The van der Waals surface area contributed by atoms with E-state index in [0.29, 0.717) is 19.3 Å². The van der Waals surface area contributed by atoms with Crippen LogP contribution < -0.4 is 5.73 Å². The third-order valence-corrected chi connectivity index (χ3v) is 3.22. The Morgan fingerprint density at radius 1 is 1.29 bits per heavy atom. The molecule has 1 fully saturated rings. The summed E-state index contributed by atoms with van der Waals surface area (Å²) in [7, 11) is 0. The van der Waals surface area contributed by atoms with Crippen molar-refractivity contribution < 1.29 is 9.59 Å². The summed E-state index contributed by atoms with van der Waals surface area (Å²) >= 11 is 0. The van der Waals surface area contributed by atoms with E-state index >= 15 is 0 Å². The number of ketones is 1. The highest BCUT2D eigenvalue weighted by atomic mass is 16.2. The lowest BCUT2D eigenvalue weighted by Gasteiger charge is -2.23. The van der Waals surface area contributed by atoms with Crippen molar-refractivity contribution in [1.82, 2.24) is 0 Å². The van der Waals surface area contributed by atoms with E-state index in [9.17, 15) is 9.59 Å². The average Bonchev–Trinajstić information content (AvgIpc) is 2.63. The highest BCUT2D eigenvalue weighted by Gasteiger charge is 2.45. The van der Waals surface area contributed by atoms with Crippen LogP contribution in [0.1, 0.15) is 51.9 Å². The van der Waals surface area contributed by atoms with E-state index in [1.54, 1.807) is 0 Å². The number of hydrogen-bond donors (Lipinski definition) is 1. The normalized spacial score (nSPS) is 19.5. The quantitative estimate of drug-likeness (QED) is 0.683. The van der Waals surface area contributed by atoms with Gasteiger partial charge in [0.2, 0.25) is 5.91 Å². The largest absolute Gasteiger partial charge is 0.369 e. The van der Waals surface area contributed by atoms with Crippen molar-refractivity contribution in [3.63, 3.8) is 0 Å². The topological polar surface area (TPSA) is 60.2 Å². The maximum Gasteiger partial charge on any atom is 0.231 e. The molecule has 0 saturated heterocycles. The van der Waals surface area contributed by atoms with Crippen molar-refractivity contribution >= 4 is 11.7 Å².